The van der Waals surface area contributed by atoms with Crippen LogP contribution in [-0.4, -0.2) is 25.7 Å². The van der Waals surface area contributed by atoms with E-state index in [0.717, 1.165) is 6.04 Å². The third-order valence-corrected chi connectivity index (χ3v) is 3.75. The lowest BCUT2D eigenvalue weighted by Gasteiger charge is -2.13. The predicted octanol–water partition coefficient (Wildman–Crippen LogP) is 1.91. The van der Waals surface area contributed by atoms with Gasteiger partial charge in [-0.3, -0.25) is 0 Å². The van der Waals surface area contributed by atoms with Gasteiger partial charge in [0.2, 0.25) is 0 Å². The molecule has 2 saturated carbocycles. The number of hydrogen-bond acceptors (Lipinski definition) is 2. The summed E-state index contributed by atoms with van der Waals surface area (Å²) in [5.74, 6) is 0. The second-order valence-corrected chi connectivity index (χ2v) is 5.11. The fraction of sp³-hybridized carbons (Fsp3) is 1.00. The smallest absolute Gasteiger partial charge is 0.00682 e. The molecule has 0 aromatic carbocycles. The van der Waals surface area contributed by atoms with Crippen LogP contribution in [-0.2, 0) is 0 Å². The summed E-state index contributed by atoms with van der Waals surface area (Å²) >= 11 is 0. The van der Waals surface area contributed by atoms with Crippen LogP contribution in [0.25, 0.3) is 0 Å². The standard InChI is InChI=1S/C12H24N2/c1-2-12(6-7-12)10-13-8-3-9-14-11-4-5-11/h11,13-14H,2-10H2,1H3. The second-order valence-electron chi connectivity index (χ2n) is 5.11. The van der Waals surface area contributed by atoms with Crippen LogP contribution in [0.4, 0.5) is 0 Å². The Morgan fingerprint density at radius 1 is 1.21 bits per heavy atom. The minimum absolute atomic E-state index is 0.712. The second kappa shape index (κ2) is 4.63. The average molecular weight is 196 g/mol. The van der Waals surface area contributed by atoms with E-state index in [1.807, 2.05) is 0 Å². The highest BCUT2D eigenvalue weighted by Crippen LogP contribution is 2.47. The minimum Gasteiger partial charge on any atom is -0.316 e. The largest absolute Gasteiger partial charge is 0.316 e. The summed E-state index contributed by atoms with van der Waals surface area (Å²) in [5, 5.41) is 7.14. The van der Waals surface area contributed by atoms with Crippen LogP contribution in [0.5, 0.6) is 0 Å². The summed E-state index contributed by atoms with van der Waals surface area (Å²) in [6.45, 7) is 5.98. The van der Waals surface area contributed by atoms with Gasteiger partial charge in [-0.05, 0) is 57.0 Å². The summed E-state index contributed by atoms with van der Waals surface area (Å²) in [4.78, 5) is 0. The third-order valence-electron chi connectivity index (χ3n) is 3.75. The molecule has 0 aromatic heterocycles. The SMILES string of the molecule is CCC1(CNCCCNC2CC2)CC1. The fourth-order valence-corrected chi connectivity index (χ4v) is 1.99. The molecular weight excluding hydrogens is 172 g/mol. The molecule has 0 spiro atoms. The maximum Gasteiger partial charge on any atom is 0.00682 e. The molecule has 0 bridgehead atoms. The number of hydrogen-bond donors (Lipinski definition) is 2. The molecule has 14 heavy (non-hydrogen) atoms. The van der Waals surface area contributed by atoms with Crippen LogP contribution in [0.3, 0.4) is 0 Å². The van der Waals surface area contributed by atoms with E-state index in [1.165, 1.54) is 58.2 Å². The number of nitrogens with one attached hydrogen (secondary N) is 2. The molecule has 2 aliphatic rings. The zero-order chi connectivity index (χ0) is 9.86. The Morgan fingerprint density at radius 2 is 2.00 bits per heavy atom. The van der Waals surface area contributed by atoms with Gasteiger partial charge in [0.1, 0.15) is 0 Å². The highest BCUT2D eigenvalue weighted by atomic mass is 15.0. The van der Waals surface area contributed by atoms with Gasteiger partial charge in [0.05, 0.1) is 0 Å². The van der Waals surface area contributed by atoms with E-state index in [9.17, 15) is 0 Å². The molecule has 2 rings (SSSR count). The van der Waals surface area contributed by atoms with Crippen molar-refractivity contribution >= 4 is 0 Å². The highest BCUT2D eigenvalue weighted by molar-refractivity contribution is 4.93. The van der Waals surface area contributed by atoms with Crippen molar-refractivity contribution in [3.63, 3.8) is 0 Å². The summed E-state index contributed by atoms with van der Waals surface area (Å²) in [6, 6.07) is 0.875. The van der Waals surface area contributed by atoms with E-state index in [4.69, 9.17) is 0 Å². The molecule has 0 aliphatic heterocycles. The van der Waals surface area contributed by atoms with Gasteiger partial charge in [0, 0.05) is 12.6 Å². The Balaban J connectivity index is 1.39. The first-order chi connectivity index (χ1) is 6.85. The molecule has 0 unspecified atom stereocenters. The summed E-state index contributed by atoms with van der Waals surface area (Å²) < 4.78 is 0. The molecule has 2 aliphatic carbocycles. The number of rotatable bonds is 8. The summed E-state index contributed by atoms with van der Waals surface area (Å²) in [6.07, 6.45) is 8.38. The maximum atomic E-state index is 3.59. The van der Waals surface area contributed by atoms with Crippen LogP contribution >= 0.6 is 0 Å². The van der Waals surface area contributed by atoms with Gasteiger partial charge in [-0.1, -0.05) is 6.92 Å². The van der Waals surface area contributed by atoms with Crippen LogP contribution in [0, 0.1) is 5.41 Å². The Bertz CT molecular complexity index is 171. The van der Waals surface area contributed by atoms with Gasteiger partial charge >= 0.3 is 0 Å². The van der Waals surface area contributed by atoms with Crippen molar-refractivity contribution in [2.75, 3.05) is 19.6 Å². The van der Waals surface area contributed by atoms with Crippen molar-refractivity contribution in [3.05, 3.63) is 0 Å². The molecular formula is C12H24N2. The van der Waals surface area contributed by atoms with Crippen LogP contribution in [0.1, 0.15) is 45.4 Å². The lowest BCUT2D eigenvalue weighted by atomic mass is 10.0. The van der Waals surface area contributed by atoms with E-state index < -0.39 is 0 Å². The quantitative estimate of drug-likeness (QED) is 0.579. The summed E-state index contributed by atoms with van der Waals surface area (Å²) in [7, 11) is 0. The van der Waals surface area contributed by atoms with Crippen molar-refractivity contribution < 1.29 is 0 Å². The van der Waals surface area contributed by atoms with E-state index in [1.54, 1.807) is 0 Å². The van der Waals surface area contributed by atoms with E-state index in [-0.39, 0.29) is 0 Å². The van der Waals surface area contributed by atoms with Gasteiger partial charge in [0.15, 0.2) is 0 Å². The van der Waals surface area contributed by atoms with Gasteiger partial charge in [-0.25, -0.2) is 0 Å². The molecule has 2 heteroatoms. The zero-order valence-electron chi connectivity index (χ0n) is 9.44. The molecule has 2 fully saturated rings. The third kappa shape index (κ3) is 3.25. The van der Waals surface area contributed by atoms with E-state index >= 15 is 0 Å². The van der Waals surface area contributed by atoms with Crippen LogP contribution in [0.2, 0.25) is 0 Å². The van der Waals surface area contributed by atoms with E-state index in [2.05, 4.69) is 17.6 Å². The normalized spacial score (nSPS) is 23.8. The first-order valence-electron chi connectivity index (χ1n) is 6.29. The van der Waals surface area contributed by atoms with Crippen molar-refractivity contribution in [2.24, 2.45) is 5.41 Å². The van der Waals surface area contributed by atoms with Gasteiger partial charge in [0.25, 0.3) is 0 Å². The highest BCUT2D eigenvalue weighted by Gasteiger charge is 2.39. The first kappa shape index (κ1) is 10.4. The average Bonchev–Trinajstić information content (AvgIpc) is 3.06. The van der Waals surface area contributed by atoms with Gasteiger partial charge in [-0.15, -0.1) is 0 Å². The lowest BCUT2D eigenvalue weighted by Crippen LogP contribution is -2.27. The predicted molar refractivity (Wildman–Crippen MR) is 60.5 cm³/mol. The Morgan fingerprint density at radius 3 is 2.57 bits per heavy atom. The van der Waals surface area contributed by atoms with Crippen LogP contribution < -0.4 is 10.6 Å². The summed E-state index contributed by atoms with van der Waals surface area (Å²) in [5.41, 5.74) is 0.712. The van der Waals surface area contributed by atoms with Gasteiger partial charge in [-0.2, -0.15) is 0 Å². The fourth-order valence-electron chi connectivity index (χ4n) is 1.99. The zero-order valence-corrected chi connectivity index (χ0v) is 9.44. The van der Waals surface area contributed by atoms with E-state index in [0.29, 0.717) is 5.41 Å². The van der Waals surface area contributed by atoms with Crippen molar-refractivity contribution in [1.29, 1.82) is 0 Å². The first-order valence-corrected chi connectivity index (χ1v) is 6.29. The van der Waals surface area contributed by atoms with Crippen molar-refractivity contribution in [1.82, 2.24) is 10.6 Å². The topological polar surface area (TPSA) is 24.1 Å². The molecule has 2 nitrogen and oxygen atoms in total. The molecule has 0 heterocycles. The van der Waals surface area contributed by atoms with Crippen molar-refractivity contribution in [2.45, 2.75) is 51.5 Å². The Labute approximate surface area is 87.8 Å². The minimum atomic E-state index is 0.712. The molecule has 2 N–H and O–H groups in total. The maximum absolute atomic E-state index is 3.59. The lowest BCUT2D eigenvalue weighted by molar-refractivity contribution is 0.439. The Hall–Kier alpha value is -0.0800. The molecule has 0 radical (unpaired) electrons. The molecule has 0 amide bonds. The molecule has 0 saturated heterocycles. The molecule has 82 valence electrons. The molecule has 0 atom stereocenters. The van der Waals surface area contributed by atoms with Crippen molar-refractivity contribution in [3.8, 4) is 0 Å². The molecule has 0 aromatic rings. The van der Waals surface area contributed by atoms with Gasteiger partial charge < -0.3 is 10.6 Å². The monoisotopic (exact) mass is 196 g/mol. The van der Waals surface area contributed by atoms with Crippen LogP contribution in [0.15, 0.2) is 0 Å². The Kier molecular flexibility index (Phi) is 3.45.